The van der Waals surface area contributed by atoms with Gasteiger partial charge in [0.1, 0.15) is 5.83 Å². The highest BCUT2D eigenvalue weighted by Gasteiger charge is 2.49. The van der Waals surface area contributed by atoms with Gasteiger partial charge in [0.25, 0.3) is 0 Å². The molecule has 11 heteroatoms. The van der Waals surface area contributed by atoms with E-state index in [1.54, 1.807) is 0 Å². The second-order valence-corrected chi connectivity index (χ2v) is 7.38. The zero-order valence-electron chi connectivity index (χ0n) is 11.3. The molecule has 0 saturated carbocycles. The summed E-state index contributed by atoms with van der Waals surface area (Å²) >= 11 is 16.7. The van der Waals surface area contributed by atoms with E-state index in [2.05, 4.69) is 0 Å². The first-order valence-corrected chi connectivity index (χ1v) is 7.19. The molecule has 1 atom stereocenters. The fraction of sp³-hybridized carbons (Fsp3) is 0.231. The molecule has 0 spiro atoms. The van der Waals surface area contributed by atoms with Crippen LogP contribution in [0.25, 0.3) is 5.57 Å². The minimum absolute atomic E-state index is 0.653. The standard InChI is InChI=1S/C13H7Cl3F6N2/c14-13(15,16)11-5(17)3(1-2-12(11,23)24)4-6(18)8(20)10(22)9(21)7(4)19/h1-2,11H,23-24H2. The molecule has 2 nitrogen and oxygen atoms in total. The summed E-state index contributed by atoms with van der Waals surface area (Å²) in [4.78, 5) is 0. The van der Waals surface area contributed by atoms with Crippen molar-refractivity contribution in [2.75, 3.05) is 0 Å². The van der Waals surface area contributed by atoms with Crippen molar-refractivity contribution >= 4 is 40.4 Å². The molecular formula is C13H7Cl3F6N2. The van der Waals surface area contributed by atoms with Gasteiger partial charge < -0.3 is 11.5 Å². The van der Waals surface area contributed by atoms with Crippen LogP contribution in [0.3, 0.4) is 0 Å². The van der Waals surface area contributed by atoms with E-state index < -0.39 is 61.4 Å². The molecule has 0 radical (unpaired) electrons. The van der Waals surface area contributed by atoms with Gasteiger partial charge in [0.15, 0.2) is 23.3 Å². The van der Waals surface area contributed by atoms with E-state index in [1.165, 1.54) is 0 Å². The lowest BCUT2D eigenvalue weighted by molar-refractivity contribution is 0.332. The average Bonchev–Trinajstić information content (AvgIpc) is 2.43. The van der Waals surface area contributed by atoms with Gasteiger partial charge in [-0.25, -0.2) is 26.3 Å². The van der Waals surface area contributed by atoms with Gasteiger partial charge in [0.2, 0.25) is 9.61 Å². The molecule has 1 unspecified atom stereocenters. The quantitative estimate of drug-likeness (QED) is 0.239. The zero-order valence-corrected chi connectivity index (χ0v) is 13.6. The number of benzene rings is 1. The Bertz CT molecular complexity index is 741. The van der Waals surface area contributed by atoms with Crippen molar-refractivity contribution in [2.45, 2.75) is 9.46 Å². The van der Waals surface area contributed by atoms with Crippen LogP contribution in [0.5, 0.6) is 0 Å². The van der Waals surface area contributed by atoms with Crippen LogP contribution in [0.1, 0.15) is 5.56 Å². The van der Waals surface area contributed by atoms with Crippen molar-refractivity contribution < 1.29 is 26.3 Å². The molecular weight excluding hydrogens is 405 g/mol. The van der Waals surface area contributed by atoms with Crippen molar-refractivity contribution in [1.82, 2.24) is 0 Å². The summed E-state index contributed by atoms with van der Waals surface area (Å²) in [5, 5.41) is 0. The van der Waals surface area contributed by atoms with Crippen LogP contribution in [-0.4, -0.2) is 9.46 Å². The van der Waals surface area contributed by atoms with Gasteiger partial charge >= 0.3 is 0 Å². The highest BCUT2D eigenvalue weighted by atomic mass is 35.6. The fourth-order valence-corrected chi connectivity index (χ4v) is 3.10. The molecule has 4 N–H and O–H groups in total. The third-order valence-corrected chi connectivity index (χ3v) is 4.01. The van der Waals surface area contributed by atoms with Gasteiger partial charge in [-0.1, -0.05) is 40.9 Å². The normalized spacial score (nSPS) is 20.7. The Morgan fingerprint density at radius 3 is 1.67 bits per heavy atom. The number of alkyl halides is 3. The van der Waals surface area contributed by atoms with Gasteiger partial charge in [0.05, 0.1) is 17.1 Å². The number of nitrogens with two attached hydrogens (primary N) is 2. The van der Waals surface area contributed by atoms with E-state index in [0.717, 1.165) is 6.08 Å². The van der Waals surface area contributed by atoms with E-state index in [-0.39, 0.29) is 0 Å². The maximum atomic E-state index is 14.7. The van der Waals surface area contributed by atoms with E-state index in [4.69, 9.17) is 46.3 Å². The maximum Gasteiger partial charge on any atom is 0.203 e. The monoisotopic (exact) mass is 410 g/mol. The summed E-state index contributed by atoms with van der Waals surface area (Å²) in [6, 6.07) is 0. The second kappa shape index (κ2) is 6.10. The molecule has 2 rings (SSSR count). The smallest absolute Gasteiger partial charge is 0.203 e. The molecule has 132 valence electrons. The van der Waals surface area contributed by atoms with Crippen LogP contribution >= 0.6 is 34.8 Å². The lowest BCUT2D eigenvalue weighted by atomic mass is 9.84. The van der Waals surface area contributed by atoms with E-state index >= 15 is 0 Å². The summed E-state index contributed by atoms with van der Waals surface area (Å²) in [6.45, 7) is 0. The lowest BCUT2D eigenvalue weighted by Gasteiger charge is -2.38. The number of halogens is 9. The predicted octanol–water partition coefficient (Wildman–Crippen LogP) is 4.23. The minimum Gasteiger partial charge on any atom is -0.309 e. The predicted molar refractivity (Wildman–Crippen MR) is 78.3 cm³/mol. The Balaban J connectivity index is 2.81. The third kappa shape index (κ3) is 3.01. The van der Waals surface area contributed by atoms with Gasteiger partial charge in [0, 0.05) is 5.57 Å². The van der Waals surface area contributed by atoms with Crippen molar-refractivity contribution in [3.63, 3.8) is 0 Å². The first kappa shape index (κ1) is 19.4. The van der Waals surface area contributed by atoms with Crippen LogP contribution in [0.2, 0.25) is 0 Å². The van der Waals surface area contributed by atoms with Gasteiger partial charge in [-0.2, -0.15) is 0 Å². The molecule has 0 aromatic heterocycles. The molecule has 0 fully saturated rings. The zero-order chi connectivity index (χ0) is 18.6. The van der Waals surface area contributed by atoms with Crippen LogP contribution < -0.4 is 11.5 Å². The maximum absolute atomic E-state index is 14.7. The Kier molecular flexibility index (Phi) is 4.93. The Morgan fingerprint density at radius 2 is 1.25 bits per heavy atom. The molecule has 1 aliphatic rings. The van der Waals surface area contributed by atoms with Gasteiger partial charge in [-0.3, -0.25) is 0 Å². The van der Waals surface area contributed by atoms with Gasteiger partial charge in [-0.15, -0.1) is 0 Å². The molecule has 0 aliphatic heterocycles. The number of allylic oxidation sites excluding steroid dienone is 2. The van der Waals surface area contributed by atoms with Crippen LogP contribution in [0, 0.1) is 35.0 Å². The Labute approximate surface area is 146 Å². The molecule has 1 aromatic rings. The van der Waals surface area contributed by atoms with Crippen molar-refractivity contribution in [1.29, 1.82) is 0 Å². The molecule has 0 amide bonds. The SMILES string of the molecule is NC1(N)C=CC(c2c(F)c(F)c(F)c(F)c2F)=C(F)C1C(Cl)(Cl)Cl. The average molecular weight is 412 g/mol. The first-order valence-electron chi connectivity index (χ1n) is 6.05. The summed E-state index contributed by atoms with van der Waals surface area (Å²) < 4.78 is 79.6. The number of hydrogen-bond acceptors (Lipinski definition) is 2. The highest BCUT2D eigenvalue weighted by molar-refractivity contribution is 6.68. The van der Waals surface area contributed by atoms with Crippen LogP contribution in [0.4, 0.5) is 26.3 Å². The molecule has 24 heavy (non-hydrogen) atoms. The summed E-state index contributed by atoms with van der Waals surface area (Å²) in [5.41, 5.74) is 6.51. The molecule has 1 aliphatic carbocycles. The highest BCUT2D eigenvalue weighted by Crippen LogP contribution is 2.48. The topological polar surface area (TPSA) is 52.0 Å². The Hall–Kier alpha value is -0.930. The van der Waals surface area contributed by atoms with Crippen LogP contribution in [0.15, 0.2) is 18.0 Å². The summed E-state index contributed by atoms with van der Waals surface area (Å²) in [5.74, 6) is -14.9. The Morgan fingerprint density at radius 1 is 0.833 bits per heavy atom. The van der Waals surface area contributed by atoms with E-state index in [0.29, 0.717) is 6.08 Å². The lowest BCUT2D eigenvalue weighted by Crippen LogP contribution is -2.59. The fourth-order valence-electron chi connectivity index (χ4n) is 2.25. The molecule has 0 saturated heterocycles. The first-order chi connectivity index (χ1) is 10.8. The van der Waals surface area contributed by atoms with Crippen molar-refractivity contribution in [2.24, 2.45) is 17.4 Å². The number of hydrogen-bond donors (Lipinski definition) is 2. The summed E-state index contributed by atoms with van der Waals surface area (Å²) in [7, 11) is 0. The van der Waals surface area contributed by atoms with Crippen molar-refractivity contribution in [3.05, 3.63) is 52.6 Å². The summed E-state index contributed by atoms with van der Waals surface area (Å²) in [6.07, 6.45) is 1.48. The molecule has 1 aromatic carbocycles. The minimum atomic E-state index is -2.46. The van der Waals surface area contributed by atoms with E-state index in [9.17, 15) is 26.3 Å². The van der Waals surface area contributed by atoms with Gasteiger partial charge in [-0.05, 0) is 6.08 Å². The number of rotatable bonds is 1. The van der Waals surface area contributed by atoms with Crippen LogP contribution in [-0.2, 0) is 0 Å². The molecule has 0 heterocycles. The van der Waals surface area contributed by atoms with Crippen molar-refractivity contribution in [3.8, 4) is 0 Å². The third-order valence-electron chi connectivity index (χ3n) is 3.36. The second-order valence-electron chi connectivity index (χ2n) is 5.01. The molecule has 0 bridgehead atoms. The largest absolute Gasteiger partial charge is 0.309 e. The van der Waals surface area contributed by atoms with E-state index in [1.807, 2.05) is 0 Å².